The van der Waals surface area contributed by atoms with Gasteiger partial charge in [-0.1, -0.05) is 0 Å². The number of nitrogens with one attached hydrogen (secondary N) is 1. The van der Waals surface area contributed by atoms with Gasteiger partial charge in [0.25, 0.3) is 0 Å². The Morgan fingerprint density at radius 3 is 2.42 bits per heavy atom. The standard InChI is InChI=1S/C25H28F3N7O5/c1-38-24(37)34-8-6-18(7-9-34)35-22-19(14-29-35)21(33-10-12-39-13-11-33)31-20(32-22)16-2-4-17(5-3-16)30-23(36)40-15-25(26,27)28/h2-5,14,18H,6-13,15H2,1H3,(H,30,36). The molecule has 2 aliphatic rings. The lowest BCUT2D eigenvalue weighted by Crippen LogP contribution is -2.39. The Hall–Kier alpha value is -4.14. The zero-order valence-electron chi connectivity index (χ0n) is 21.7. The van der Waals surface area contributed by atoms with Crippen LogP contribution in [0.25, 0.3) is 22.4 Å². The molecular weight excluding hydrogens is 535 g/mol. The number of nitrogens with zero attached hydrogens (tertiary/aromatic N) is 6. The van der Waals surface area contributed by atoms with E-state index in [1.165, 1.54) is 19.2 Å². The summed E-state index contributed by atoms with van der Waals surface area (Å²) in [6, 6.07) is 6.42. The van der Waals surface area contributed by atoms with Gasteiger partial charge in [0, 0.05) is 37.4 Å². The van der Waals surface area contributed by atoms with Crippen LogP contribution >= 0.6 is 0 Å². The molecule has 2 aromatic heterocycles. The first-order valence-electron chi connectivity index (χ1n) is 12.7. The van der Waals surface area contributed by atoms with Crippen molar-refractivity contribution in [1.29, 1.82) is 0 Å². The lowest BCUT2D eigenvalue weighted by atomic mass is 10.1. The molecule has 0 atom stereocenters. The van der Waals surface area contributed by atoms with E-state index in [-0.39, 0.29) is 17.8 Å². The van der Waals surface area contributed by atoms with Crippen LogP contribution in [0.15, 0.2) is 30.5 Å². The molecule has 4 heterocycles. The van der Waals surface area contributed by atoms with Gasteiger partial charge in [-0.2, -0.15) is 18.3 Å². The van der Waals surface area contributed by atoms with E-state index in [9.17, 15) is 22.8 Å². The number of benzene rings is 1. The summed E-state index contributed by atoms with van der Waals surface area (Å²) < 4.78 is 53.3. The molecule has 2 fully saturated rings. The molecule has 12 nitrogen and oxygen atoms in total. The quantitative estimate of drug-likeness (QED) is 0.493. The second-order valence-corrected chi connectivity index (χ2v) is 9.38. The molecule has 2 amide bonds. The van der Waals surface area contributed by atoms with E-state index in [0.29, 0.717) is 69.3 Å². The number of piperidine rings is 1. The van der Waals surface area contributed by atoms with Gasteiger partial charge in [0.05, 0.1) is 37.9 Å². The van der Waals surface area contributed by atoms with Crippen molar-refractivity contribution in [3.05, 3.63) is 30.5 Å². The van der Waals surface area contributed by atoms with Crippen LogP contribution in [0.1, 0.15) is 18.9 Å². The summed E-state index contributed by atoms with van der Waals surface area (Å²) in [4.78, 5) is 37.1. The Balaban J connectivity index is 1.42. The van der Waals surface area contributed by atoms with Gasteiger partial charge in [0.2, 0.25) is 0 Å². The maximum absolute atomic E-state index is 12.3. The number of likely N-dealkylation sites (tertiary alicyclic amines) is 1. The van der Waals surface area contributed by atoms with Gasteiger partial charge in [0.15, 0.2) is 18.1 Å². The van der Waals surface area contributed by atoms with E-state index in [0.717, 1.165) is 11.2 Å². The minimum atomic E-state index is -4.61. The van der Waals surface area contributed by atoms with Crippen molar-refractivity contribution in [2.75, 3.05) is 63.3 Å². The minimum absolute atomic E-state index is 0.0213. The number of carbonyl (C=O) groups excluding carboxylic acids is 2. The molecule has 0 radical (unpaired) electrons. The van der Waals surface area contributed by atoms with Gasteiger partial charge < -0.3 is 24.0 Å². The van der Waals surface area contributed by atoms with Crippen molar-refractivity contribution in [1.82, 2.24) is 24.6 Å². The molecular formula is C25H28F3N7O5. The number of methoxy groups -OCH3 is 1. The molecule has 3 aromatic rings. The van der Waals surface area contributed by atoms with Gasteiger partial charge in [-0.25, -0.2) is 24.2 Å². The van der Waals surface area contributed by atoms with Crippen LogP contribution in [0.4, 0.5) is 34.3 Å². The fraction of sp³-hybridized carbons (Fsp3) is 0.480. The van der Waals surface area contributed by atoms with Crippen molar-refractivity contribution in [3.8, 4) is 11.4 Å². The maximum Gasteiger partial charge on any atom is 0.422 e. The maximum atomic E-state index is 12.3. The number of rotatable bonds is 5. The first kappa shape index (κ1) is 27.4. The summed E-state index contributed by atoms with van der Waals surface area (Å²) in [7, 11) is 1.36. The van der Waals surface area contributed by atoms with Crippen LogP contribution < -0.4 is 10.2 Å². The first-order valence-corrected chi connectivity index (χ1v) is 12.7. The molecule has 0 spiro atoms. The molecule has 214 valence electrons. The third-order valence-corrected chi connectivity index (χ3v) is 6.74. The second-order valence-electron chi connectivity index (χ2n) is 9.38. The molecule has 0 unspecified atom stereocenters. The van der Waals surface area contributed by atoms with Crippen molar-refractivity contribution >= 4 is 34.7 Å². The van der Waals surface area contributed by atoms with Crippen molar-refractivity contribution in [2.45, 2.75) is 25.1 Å². The van der Waals surface area contributed by atoms with Crippen LogP contribution in [0.5, 0.6) is 0 Å². The Labute approximate surface area is 227 Å². The monoisotopic (exact) mass is 563 g/mol. The number of carbonyl (C=O) groups is 2. The van der Waals surface area contributed by atoms with Crippen molar-refractivity contribution < 1.29 is 37.0 Å². The number of fused-ring (bicyclic) bond motifs is 1. The van der Waals surface area contributed by atoms with Gasteiger partial charge in [-0.15, -0.1) is 0 Å². The average molecular weight is 564 g/mol. The normalized spacial score (nSPS) is 16.7. The molecule has 2 saturated heterocycles. The molecule has 1 N–H and O–H groups in total. The number of aromatic nitrogens is 4. The second kappa shape index (κ2) is 11.5. The number of hydrogen-bond donors (Lipinski definition) is 1. The van der Waals surface area contributed by atoms with E-state index in [1.807, 2.05) is 4.68 Å². The SMILES string of the molecule is COC(=O)N1CCC(n2ncc3c(N4CCOCC4)nc(-c4ccc(NC(=O)OCC(F)(F)F)cc4)nc32)CC1. The van der Waals surface area contributed by atoms with E-state index in [4.69, 9.17) is 19.4 Å². The van der Waals surface area contributed by atoms with E-state index >= 15 is 0 Å². The Bertz CT molecular complexity index is 1350. The zero-order chi connectivity index (χ0) is 28.3. The van der Waals surface area contributed by atoms with E-state index in [2.05, 4.69) is 20.1 Å². The molecule has 5 rings (SSSR count). The van der Waals surface area contributed by atoms with Crippen LogP contribution in [-0.2, 0) is 14.2 Å². The highest BCUT2D eigenvalue weighted by Crippen LogP contribution is 2.32. The van der Waals surface area contributed by atoms with Crippen LogP contribution in [0.3, 0.4) is 0 Å². The number of amides is 2. The Morgan fingerprint density at radius 2 is 1.77 bits per heavy atom. The van der Waals surface area contributed by atoms with Gasteiger partial charge >= 0.3 is 18.4 Å². The third-order valence-electron chi connectivity index (χ3n) is 6.74. The third kappa shape index (κ3) is 6.19. The predicted octanol–water partition coefficient (Wildman–Crippen LogP) is 3.84. The first-order chi connectivity index (χ1) is 19.2. The van der Waals surface area contributed by atoms with Crippen LogP contribution in [-0.4, -0.2) is 96.1 Å². The lowest BCUT2D eigenvalue weighted by Gasteiger charge is -2.31. The summed E-state index contributed by atoms with van der Waals surface area (Å²) >= 11 is 0. The lowest BCUT2D eigenvalue weighted by molar-refractivity contribution is -0.159. The van der Waals surface area contributed by atoms with Gasteiger partial charge in [0.1, 0.15) is 5.82 Å². The molecule has 0 saturated carbocycles. The summed E-state index contributed by atoms with van der Waals surface area (Å²) in [6.45, 7) is 1.82. The topological polar surface area (TPSA) is 124 Å². The molecule has 2 aliphatic heterocycles. The summed E-state index contributed by atoms with van der Waals surface area (Å²) in [5.41, 5.74) is 1.55. The fourth-order valence-electron chi connectivity index (χ4n) is 4.75. The van der Waals surface area contributed by atoms with Gasteiger partial charge in [-0.3, -0.25) is 5.32 Å². The van der Waals surface area contributed by atoms with Crippen LogP contribution in [0, 0.1) is 0 Å². The average Bonchev–Trinajstić information content (AvgIpc) is 3.40. The largest absolute Gasteiger partial charge is 0.453 e. The number of anilines is 2. The Kier molecular flexibility index (Phi) is 7.91. The Morgan fingerprint density at radius 1 is 1.07 bits per heavy atom. The predicted molar refractivity (Wildman–Crippen MR) is 137 cm³/mol. The molecule has 0 aliphatic carbocycles. The van der Waals surface area contributed by atoms with Crippen molar-refractivity contribution in [3.63, 3.8) is 0 Å². The molecule has 0 bridgehead atoms. The highest BCUT2D eigenvalue weighted by atomic mass is 19.4. The molecule has 15 heteroatoms. The number of ether oxygens (including phenoxy) is 3. The van der Waals surface area contributed by atoms with E-state index in [1.54, 1.807) is 23.2 Å². The summed E-state index contributed by atoms with van der Waals surface area (Å²) in [6.07, 6.45) is -3.04. The number of hydrogen-bond acceptors (Lipinski definition) is 9. The molecule has 1 aromatic carbocycles. The fourth-order valence-corrected chi connectivity index (χ4v) is 4.75. The van der Waals surface area contributed by atoms with Gasteiger partial charge in [-0.05, 0) is 37.1 Å². The van der Waals surface area contributed by atoms with Crippen molar-refractivity contribution in [2.24, 2.45) is 0 Å². The highest BCUT2D eigenvalue weighted by molar-refractivity contribution is 5.89. The molecule has 40 heavy (non-hydrogen) atoms. The highest BCUT2D eigenvalue weighted by Gasteiger charge is 2.30. The summed E-state index contributed by atoms with van der Waals surface area (Å²) in [5.74, 6) is 1.15. The zero-order valence-corrected chi connectivity index (χ0v) is 21.7. The number of alkyl halides is 3. The smallest absolute Gasteiger partial charge is 0.422 e. The van der Waals surface area contributed by atoms with E-state index < -0.39 is 18.9 Å². The minimum Gasteiger partial charge on any atom is -0.453 e. The van der Waals surface area contributed by atoms with Crippen LogP contribution in [0.2, 0.25) is 0 Å². The number of halogens is 3. The summed E-state index contributed by atoms with van der Waals surface area (Å²) in [5, 5.41) is 7.73. The number of morpholine rings is 1.